The number of aliphatic hydroxyl groups is 1. The minimum atomic E-state index is -1.61. The number of ether oxygens (including phenoxy) is 1. The summed E-state index contributed by atoms with van der Waals surface area (Å²) in [5, 5.41) is 11.5. The molecule has 3 rings (SSSR count). The van der Waals surface area contributed by atoms with Crippen LogP contribution in [0.1, 0.15) is 11.1 Å². The van der Waals surface area contributed by atoms with E-state index in [4.69, 9.17) is 16.3 Å². The molecule has 0 amide bonds. The number of benzene rings is 2. The molecule has 0 aliphatic carbocycles. The molecule has 1 atom stereocenters. The lowest BCUT2D eigenvalue weighted by Crippen LogP contribution is -2.38. The van der Waals surface area contributed by atoms with Gasteiger partial charge in [0.25, 0.3) is 0 Å². The number of cyclic esters (lactones) is 1. The number of halogens is 1. The van der Waals surface area contributed by atoms with Crippen molar-refractivity contribution in [3.63, 3.8) is 0 Å². The van der Waals surface area contributed by atoms with Gasteiger partial charge in [-0.15, -0.1) is 0 Å². The highest BCUT2D eigenvalue weighted by atomic mass is 35.5. The van der Waals surface area contributed by atoms with E-state index < -0.39 is 11.6 Å². The average molecular weight is 315 g/mol. The number of hydrogen-bond donors (Lipinski definition) is 1. The third-order valence-corrected chi connectivity index (χ3v) is 3.99. The predicted molar refractivity (Wildman–Crippen MR) is 85.5 cm³/mol. The first-order chi connectivity index (χ1) is 10.6. The zero-order valence-electron chi connectivity index (χ0n) is 11.8. The average Bonchev–Trinajstić information content (AvgIpc) is 2.79. The predicted octanol–water partition coefficient (Wildman–Crippen LogP) is 3.25. The Balaban J connectivity index is 1.93. The Morgan fingerprint density at radius 2 is 1.82 bits per heavy atom. The molecule has 1 saturated heterocycles. The van der Waals surface area contributed by atoms with Crippen molar-refractivity contribution in [2.75, 3.05) is 6.61 Å². The van der Waals surface area contributed by atoms with Crippen molar-refractivity contribution < 1.29 is 14.6 Å². The lowest BCUT2D eigenvalue weighted by Gasteiger charge is -2.20. The van der Waals surface area contributed by atoms with E-state index in [0.29, 0.717) is 10.6 Å². The third-order valence-electron chi connectivity index (χ3n) is 3.74. The normalized spacial score (nSPS) is 22.8. The van der Waals surface area contributed by atoms with Gasteiger partial charge in [-0.2, -0.15) is 0 Å². The van der Waals surface area contributed by atoms with Crippen LogP contribution in [0.2, 0.25) is 5.02 Å². The van der Waals surface area contributed by atoms with Crippen LogP contribution in [-0.2, 0) is 16.0 Å². The zero-order chi connectivity index (χ0) is 15.6. The summed E-state index contributed by atoms with van der Waals surface area (Å²) in [5.41, 5.74) is 0.694. The quantitative estimate of drug-likeness (QED) is 0.885. The summed E-state index contributed by atoms with van der Waals surface area (Å²) in [5.74, 6) is -0.600. The monoisotopic (exact) mass is 314 g/mol. The van der Waals surface area contributed by atoms with Gasteiger partial charge in [-0.05, 0) is 29.3 Å². The summed E-state index contributed by atoms with van der Waals surface area (Å²) < 4.78 is 5.07. The Morgan fingerprint density at radius 3 is 2.50 bits per heavy atom. The van der Waals surface area contributed by atoms with E-state index in [2.05, 4.69) is 0 Å². The van der Waals surface area contributed by atoms with Crippen molar-refractivity contribution in [2.45, 2.75) is 12.0 Å². The molecule has 2 aromatic carbocycles. The smallest absolute Gasteiger partial charge is 0.343 e. The molecule has 1 aliphatic rings. The first-order valence-corrected chi connectivity index (χ1v) is 7.36. The summed E-state index contributed by atoms with van der Waals surface area (Å²) in [6, 6.07) is 16.6. The Labute approximate surface area is 133 Å². The van der Waals surface area contributed by atoms with E-state index in [9.17, 15) is 9.90 Å². The van der Waals surface area contributed by atoms with Crippen LogP contribution < -0.4 is 0 Å². The number of carbonyl (C=O) groups excluding carboxylic acids is 1. The van der Waals surface area contributed by atoms with Crippen LogP contribution in [0.5, 0.6) is 0 Å². The molecule has 1 heterocycles. The zero-order valence-corrected chi connectivity index (χ0v) is 12.6. The molecule has 1 aliphatic heterocycles. The summed E-state index contributed by atoms with van der Waals surface area (Å²) >= 11 is 5.87. The summed E-state index contributed by atoms with van der Waals surface area (Å²) in [6.07, 6.45) is 1.98. The standard InChI is InChI=1S/C18H15ClO3/c19-16-8-6-13(7-9-16)10-15-12-22-17(20)18(15,21)11-14-4-2-1-3-5-14/h1-10,21H,11-12H2/b15-10-. The highest BCUT2D eigenvalue weighted by molar-refractivity contribution is 6.30. The lowest BCUT2D eigenvalue weighted by molar-refractivity contribution is -0.151. The molecule has 112 valence electrons. The minimum Gasteiger partial charge on any atom is -0.459 e. The van der Waals surface area contributed by atoms with Crippen LogP contribution in [0.25, 0.3) is 6.08 Å². The van der Waals surface area contributed by atoms with E-state index in [-0.39, 0.29) is 13.0 Å². The van der Waals surface area contributed by atoms with Crippen LogP contribution in [0, 0.1) is 0 Å². The molecule has 1 N–H and O–H groups in total. The van der Waals surface area contributed by atoms with Gasteiger partial charge in [0, 0.05) is 17.0 Å². The fourth-order valence-electron chi connectivity index (χ4n) is 2.51. The van der Waals surface area contributed by atoms with Crippen LogP contribution in [0.4, 0.5) is 0 Å². The minimum absolute atomic E-state index is 0.102. The van der Waals surface area contributed by atoms with Crippen molar-refractivity contribution in [2.24, 2.45) is 0 Å². The Morgan fingerprint density at radius 1 is 1.14 bits per heavy atom. The molecule has 2 aromatic rings. The topological polar surface area (TPSA) is 46.5 Å². The van der Waals surface area contributed by atoms with Gasteiger partial charge in [0.15, 0.2) is 5.60 Å². The van der Waals surface area contributed by atoms with Gasteiger partial charge in [0.2, 0.25) is 0 Å². The Hall–Kier alpha value is -2.10. The summed E-state index contributed by atoms with van der Waals surface area (Å²) in [7, 11) is 0. The van der Waals surface area contributed by atoms with E-state index in [1.807, 2.05) is 42.5 Å². The molecule has 1 unspecified atom stereocenters. The van der Waals surface area contributed by atoms with Gasteiger partial charge in [-0.1, -0.05) is 54.1 Å². The Kier molecular flexibility index (Phi) is 4.01. The maximum Gasteiger partial charge on any atom is 0.343 e. The first-order valence-electron chi connectivity index (χ1n) is 6.98. The molecular formula is C18H15ClO3. The molecule has 4 heteroatoms. The van der Waals surface area contributed by atoms with Crippen molar-refractivity contribution in [1.82, 2.24) is 0 Å². The second-order valence-electron chi connectivity index (χ2n) is 5.32. The molecule has 22 heavy (non-hydrogen) atoms. The van der Waals surface area contributed by atoms with Crippen LogP contribution >= 0.6 is 11.6 Å². The van der Waals surface area contributed by atoms with Crippen molar-refractivity contribution >= 4 is 23.6 Å². The van der Waals surface area contributed by atoms with Crippen molar-refractivity contribution in [3.8, 4) is 0 Å². The van der Waals surface area contributed by atoms with Crippen molar-refractivity contribution in [3.05, 3.63) is 76.3 Å². The molecule has 0 saturated carbocycles. The van der Waals surface area contributed by atoms with E-state index in [1.54, 1.807) is 18.2 Å². The van der Waals surface area contributed by atoms with Gasteiger partial charge < -0.3 is 9.84 Å². The molecule has 3 nitrogen and oxygen atoms in total. The molecule has 0 spiro atoms. The number of esters is 1. The van der Waals surface area contributed by atoms with E-state index in [1.165, 1.54) is 0 Å². The van der Waals surface area contributed by atoms with Crippen molar-refractivity contribution in [1.29, 1.82) is 0 Å². The molecule has 0 aromatic heterocycles. The largest absolute Gasteiger partial charge is 0.459 e. The third kappa shape index (κ3) is 2.91. The van der Waals surface area contributed by atoms with Gasteiger partial charge in [0.1, 0.15) is 6.61 Å². The second-order valence-corrected chi connectivity index (χ2v) is 5.76. The molecule has 0 bridgehead atoms. The summed E-state index contributed by atoms with van der Waals surface area (Å²) in [6.45, 7) is 0.102. The van der Waals surface area contributed by atoms with Gasteiger partial charge in [0.05, 0.1) is 0 Å². The SMILES string of the molecule is O=C1OC/C(=C/c2ccc(Cl)cc2)C1(O)Cc1ccccc1. The van der Waals surface area contributed by atoms with E-state index >= 15 is 0 Å². The lowest BCUT2D eigenvalue weighted by atomic mass is 9.88. The highest BCUT2D eigenvalue weighted by Gasteiger charge is 2.47. The van der Waals surface area contributed by atoms with Gasteiger partial charge in [-0.25, -0.2) is 4.79 Å². The van der Waals surface area contributed by atoms with Gasteiger partial charge >= 0.3 is 5.97 Å². The summed E-state index contributed by atoms with van der Waals surface area (Å²) in [4.78, 5) is 12.0. The van der Waals surface area contributed by atoms with Crippen LogP contribution in [0.3, 0.4) is 0 Å². The van der Waals surface area contributed by atoms with Crippen LogP contribution in [-0.4, -0.2) is 23.3 Å². The number of carbonyl (C=O) groups is 1. The van der Waals surface area contributed by atoms with E-state index in [0.717, 1.165) is 11.1 Å². The number of hydrogen-bond acceptors (Lipinski definition) is 3. The fourth-order valence-corrected chi connectivity index (χ4v) is 2.64. The Bertz CT molecular complexity index is 707. The maximum atomic E-state index is 12.0. The first kappa shape index (κ1) is 14.8. The second kappa shape index (κ2) is 5.95. The highest BCUT2D eigenvalue weighted by Crippen LogP contribution is 2.31. The molecule has 0 radical (unpaired) electrons. The maximum absolute atomic E-state index is 12.0. The van der Waals surface area contributed by atoms with Gasteiger partial charge in [-0.3, -0.25) is 0 Å². The van der Waals surface area contributed by atoms with Crippen LogP contribution in [0.15, 0.2) is 60.2 Å². The molecule has 1 fully saturated rings. The number of rotatable bonds is 3. The molecular weight excluding hydrogens is 300 g/mol. The fraction of sp³-hybridized carbons (Fsp3) is 0.167.